The summed E-state index contributed by atoms with van der Waals surface area (Å²) in [5.74, 6) is 0. The fourth-order valence-corrected chi connectivity index (χ4v) is 2.69. The second-order valence-corrected chi connectivity index (χ2v) is 6.32. The molecule has 0 amide bonds. The van der Waals surface area contributed by atoms with Crippen molar-refractivity contribution in [3.8, 4) is 0 Å². The van der Waals surface area contributed by atoms with Crippen LogP contribution in [-0.4, -0.2) is 11.2 Å². The van der Waals surface area contributed by atoms with Gasteiger partial charge in [0.25, 0.3) is 0 Å². The van der Waals surface area contributed by atoms with Crippen molar-refractivity contribution in [1.82, 2.24) is 0 Å². The molecule has 0 aliphatic carbocycles. The van der Waals surface area contributed by atoms with Crippen molar-refractivity contribution in [2.24, 2.45) is 0 Å². The smallest absolute Gasteiger partial charge is 0.0727 e. The average molecular weight is 337 g/mol. The zero-order valence-corrected chi connectivity index (χ0v) is 14.1. The molecule has 1 nitrogen and oxygen atoms in total. The molecule has 110 valence electrons. The van der Waals surface area contributed by atoms with Crippen LogP contribution >= 0.6 is 15.9 Å². The van der Waals surface area contributed by atoms with E-state index in [1.807, 2.05) is 25.1 Å². The monoisotopic (exact) mass is 336 g/mol. The molecule has 0 spiro atoms. The minimum Gasteiger partial charge on any atom is -0.389 e. The molecule has 1 aromatic rings. The number of unbranched alkanes of at least 4 members (excludes halogenated alkanes) is 2. The molecule has 2 heteroatoms. The van der Waals surface area contributed by atoms with Crippen molar-refractivity contribution in [2.75, 3.05) is 0 Å². The zero-order chi connectivity index (χ0) is 15.0. The highest BCUT2D eigenvalue weighted by atomic mass is 79.9. The number of halogens is 1. The fraction of sp³-hybridized carbons (Fsp3) is 0.444. The molecule has 1 rings (SSSR count). The van der Waals surface area contributed by atoms with E-state index in [-0.39, 0.29) is 0 Å². The first-order valence-electron chi connectivity index (χ1n) is 7.35. The van der Waals surface area contributed by atoms with Gasteiger partial charge in [-0.15, -0.1) is 0 Å². The molecule has 0 heterocycles. The summed E-state index contributed by atoms with van der Waals surface area (Å²) < 4.78 is 0.949. The van der Waals surface area contributed by atoms with Gasteiger partial charge in [0.1, 0.15) is 0 Å². The van der Waals surface area contributed by atoms with E-state index in [2.05, 4.69) is 41.6 Å². The van der Waals surface area contributed by atoms with Gasteiger partial charge in [0.2, 0.25) is 0 Å². The molecule has 1 unspecified atom stereocenters. The summed E-state index contributed by atoms with van der Waals surface area (Å²) in [5.41, 5.74) is 3.53. The number of aliphatic hydroxyl groups is 1. The van der Waals surface area contributed by atoms with Crippen LogP contribution in [0.25, 0.3) is 5.57 Å². The van der Waals surface area contributed by atoms with Gasteiger partial charge in [-0.2, -0.15) is 0 Å². The molecule has 0 aromatic heterocycles. The second kappa shape index (κ2) is 9.15. The van der Waals surface area contributed by atoms with Gasteiger partial charge >= 0.3 is 0 Å². The van der Waals surface area contributed by atoms with Gasteiger partial charge in [-0.25, -0.2) is 0 Å². The Morgan fingerprint density at radius 3 is 2.40 bits per heavy atom. The highest BCUT2D eigenvalue weighted by Gasteiger charge is 2.14. The Kier molecular flexibility index (Phi) is 7.86. The van der Waals surface area contributed by atoms with Crippen LogP contribution in [0.3, 0.4) is 0 Å². The van der Waals surface area contributed by atoms with Gasteiger partial charge in [-0.1, -0.05) is 72.6 Å². The van der Waals surface area contributed by atoms with Crippen molar-refractivity contribution in [3.05, 3.63) is 52.5 Å². The van der Waals surface area contributed by atoms with Gasteiger partial charge in [0, 0.05) is 6.42 Å². The highest BCUT2D eigenvalue weighted by molar-refractivity contribution is 9.11. The van der Waals surface area contributed by atoms with Crippen molar-refractivity contribution < 1.29 is 5.11 Å². The Morgan fingerprint density at radius 2 is 1.90 bits per heavy atom. The lowest BCUT2D eigenvalue weighted by atomic mass is 9.91. The number of allylic oxidation sites excluding steroid dienone is 2. The van der Waals surface area contributed by atoms with Gasteiger partial charge in [-0.3, -0.25) is 0 Å². The molecule has 0 aliphatic heterocycles. The molecule has 0 saturated heterocycles. The van der Waals surface area contributed by atoms with E-state index in [1.165, 1.54) is 24.0 Å². The average Bonchev–Trinajstić information content (AvgIpc) is 2.42. The quantitative estimate of drug-likeness (QED) is 0.603. The van der Waals surface area contributed by atoms with Crippen LogP contribution in [0, 0.1) is 0 Å². The maximum Gasteiger partial charge on any atom is 0.0727 e. The number of aliphatic hydroxyl groups excluding tert-OH is 1. The van der Waals surface area contributed by atoms with Crippen LogP contribution in [0.2, 0.25) is 0 Å². The van der Waals surface area contributed by atoms with Crippen molar-refractivity contribution in [3.63, 3.8) is 0 Å². The molecule has 0 saturated carbocycles. The van der Waals surface area contributed by atoms with E-state index in [1.54, 1.807) is 0 Å². The van der Waals surface area contributed by atoms with Gasteiger partial charge in [0.05, 0.1) is 6.10 Å². The SMILES string of the molecule is C=C(Br)C/C(=C(/CCCCC)C(C)O)c1ccccc1. The Balaban J connectivity index is 3.13. The maximum absolute atomic E-state index is 10.2. The molecule has 1 aromatic carbocycles. The summed E-state index contributed by atoms with van der Waals surface area (Å²) >= 11 is 3.46. The topological polar surface area (TPSA) is 20.2 Å². The lowest BCUT2D eigenvalue weighted by Gasteiger charge is -2.18. The van der Waals surface area contributed by atoms with Gasteiger partial charge in [-0.05, 0) is 41.0 Å². The standard InChI is InChI=1S/C18H25BrO/c1-4-5-7-12-17(15(3)20)18(13-14(2)19)16-10-8-6-9-11-16/h6,8-11,15,20H,2,4-5,7,12-13H2,1,3H3/b18-17+. The zero-order valence-electron chi connectivity index (χ0n) is 12.5. The number of hydrogen-bond acceptors (Lipinski definition) is 1. The Hall–Kier alpha value is -0.860. The van der Waals surface area contributed by atoms with Crippen LogP contribution < -0.4 is 0 Å². The Morgan fingerprint density at radius 1 is 1.25 bits per heavy atom. The summed E-state index contributed by atoms with van der Waals surface area (Å²) in [6.07, 6.45) is 4.83. The van der Waals surface area contributed by atoms with Gasteiger partial charge in [0.15, 0.2) is 0 Å². The molecule has 0 fully saturated rings. The summed E-state index contributed by atoms with van der Waals surface area (Å²) in [6.45, 7) is 8.02. The molecular formula is C18H25BrO. The molecule has 20 heavy (non-hydrogen) atoms. The van der Waals surface area contributed by atoms with Crippen LogP contribution in [0.1, 0.15) is 51.5 Å². The molecule has 1 N–H and O–H groups in total. The summed E-state index contributed by atoms with van der Waals surface area (Å²) in [5, 5.41) is 10.2. The summed E-state index contributed by atoms with van der Waals surface area (Å²) in [6, 6.07) is 10.3. The minimum atomic E-state index is -0.408. The van der Waals surface area contributed by atoms with E-state index in [9.17, 15) is 5.11 Å². The normalized spacial score (nSPS) is 13.8. The molecule has 0 aliphatic rings. The van der Waals surface area contributed by atoms with Gasteiger partial charge < -0.3 is 5.11 Å². The minimum absolute atomic E-state index is 0.408. The lowest BCUT2D eigenvalue weighted by molar-refractivity contribution is 0.226. The molecule has 0 radical (unpaired) electrons. The van der Waals surface area contributed by atoms with Crippen molar-refractivity contribution in [1.29, 1.82) is 0 Å². The number of rotatable bonds is 8. The fourth-order valence-electron chi connectivity index (χ4n) is 2.41. The first kappa shape index (κ1) is 17.2. The first-order valence-corrected chi connectivity index (χ1v) is 8.14. The third-order valence-electron chi connectivity index (χ3n) is 3.43. The third-order valence-corrected chi connectivity index (χ3v) is 3.71. The molecule has 1 atom stereocenters. The summed E-state index contributed by atoms with van der Waals surface area (Å²) in [4.78, 5) is 0. The van der Waals surface area contributed by atoms with Crippen molar-refractivity contribution in [2.45, 2.75) is 52.1 Å². The second-order valence-electron chi connectivity index (χ2n) is 5.20. The first-order chi connectivity index (χ1) is 9.56. The Bertz CT molecular complexity index is 446. The number of benzene rings is 1. The predicted molar refractivity (Wildman–Crippen MR) is 91.9 cm³/mol. The maximum atomic E-state index is 10.2. The van der Waals surface area contributed by atoms with E-state index >= 15 is 0 Å². The predicted octanol–water partition coefficient (Wildman–Crippen LogP) is 5.70. The van der Waals surface area contributed by atoms with E-state index in [0.29, 0.717) is 0 Å². The largest absolute Gasteiger partial charge is 0.389 e. The van der Waals surface area contributed by atoms with E-state index < -0.39 is 6.10 Å². The highest BCUT2D eigenvalue weighted by Crippen LogP contribution is 2.31. The lowest BCUT2D eigenvalue weighted by Crippen LogP contribution is -2.08. The third kappa shape index (κ3) is 5.64. The van der Waals surface area contributed by atoms with E-state index in [0.717, 1.165) is 29.3 Å². The molecule has 0 bridgehead atoms. The van der Waals surface area contributed by atoms with Crippen LogP contribution in [0.15, 0.2) is 47.0 Å². The van der Waals surface area contributed by atoms with Crippen LogP contribution in [-0.2, 0) is 0 Å². The van der Waals surface area contributed by atoms with E-state index in [4.69, 9.17) is 0 Å². The van der Waals surface area contributed by atoms with Crippen LogP contribution in [0.4, 0.5) is 0 Å². The Labute approximate surface area is 131 Å². The number of hydrogen-bond donors (Lipinski definition) is 1. The molecular weight excluding hydrogens is 312 g/mol. The van der Waals surface area contributed by atoms with Crippen molar-refractivity contribution >= 4 is 21.5 Å². The van der Waals surface area contributed by atoms with Crippen LogP contribution in [0.5, 0.6) is 0 Å². The summed E-state index contributed by atoms with van der Waals surface area (Å²) in [7, 11) is 0.